The van der Waals surface area contributed by atoms with Crippen LogP contribution in [-0.2, 0) is 6.61 Å². The van der Waals surface area contributed by atoms with Crippen molar-refractivity contribution >= 4 is 17.4 Å². The quantitative estimate of drug-likeness (QED) is 0.866. The highest BCUT2D eigenvalue weighted by Crippen LogP contribution is 2.30. The van der Waals surface area contributed by atoms with Crippen LogP contribution in [-0.4, -0.2) is 12.4 Å². The van der Waals surface area contributed by atoms with Crippen molar-refractivity contribution in [3.8, 4) is 11.5 Å². The van der Waals surface area contributed by atoms with E-state index in [9.17, 15) is 9.18 Å². The number of carbonyl (C=O) groups excluding carboxylic acids is 1. The molecule has 2 aromatic carbocycles. The minimum atomic E-state index is -0.412. The van der Waals surface area contributed by atoms with Gasteiger partial charge in [-0.05, 0) is 24.3 Å². The van der Waals surface area contributed by atoms with Gasteiger partial charge in [0.25, 0.3) is 0 Å². The SMILES string of the molecule is O=C1COc2cc(OCc3ccc(Cl)cc3F)ccc21. The van der Waals surface area contributed by atoms with Crippen molar-refractivity contribution in [2.24, 2.45) is 0 Å². The maximum Gasteiger partial charge on any atom is 0.203 e. The van der Waals surface area contributed by atoms with Gasteiger partial charge in [0.2, 0.25) is 5.78 Å². The number of Topliss-reactive ketones (excluding diaryl/α,β-unsaturated/α-hetero) is 1. The van der Waals surface area contributed by atoms with Crippen LogP contribution in [0.25, 0.3) is 0 Å². The van der Waals surface area contributed by atoms with Crippen molar-refractivity contribution in [2.75, 3.05) is 6.61 Å². The molecule has 2 aromatic rings. The number of hydrogen-bond donors (Lipinski definition) is 0. The molecule has 3 nitrogen and oxygen atoms in total. The molecule has 0 amide bonds. The molecule has 1 heterocycles. The molecular weight excluding hydrogens is 283 g/mol. The summed E-state index contributed by atoms with van der Waals surface area (Å²) in [6.07, 6.45) is 0. The lowest BCUT2D eigenvalue weighted by Gasteiger charge is -2.08. The maximum atomic E-state index is 13.6. The standard InChI is InChI=1S/C15H10ClFO3/c16-10-2-1-9(13(17)5-10)7-19-11-3-4-12-14(18)8-20-15(12)6-11/h1-6H,7-8H2. The van der Waals surface area contributed by atoms with Crippen molar-refractivity contribution in [3.63, 3.8) is 0 Å². The molecule has 0 radical (unpaired) electrons. The fraction of sp³-hybridized carbons (Fsp3) is 0.133. The van der Waals surface area contributed by atoms with Gasteiger partial charge in [-0.1, -0.05) is 17.7 Å². The van der Waals surface area contributed by atoms with Crippen LogP contribution in [0.2, 0.25) is 5.02 Å². The van der Waals surface area contributed by atoms with Crippen LogP contribution < -0.4 is 9.47 Å². The molecule has 0 bridgehead atoms. The lowest BCUT2D eigenvalue weighted by Crippen LogP contribution is -1.99. The lowest BCUT2D eigenvalue weighted by atomic mass is 10.1. The number of benzene rings is 2. The predicted molar refractivity (Wildman–Crippen MR) is 72.0 cm³/mol. The average molecular weight is 293 g/mol. The van der Waals surface area contributed by atoms with E-state index in [-0.39, 0.29) is 19.0 Å². The van der Waals surface area contributed by atoms with Gasteiger partial charge >= 0.3 is 0 Å². The molecule has 0 saturated heterocycles. The third-order valence-electron chi connectivity index (χ3n) is 3.02. The summed E-state index contributed by atoms with van der Waals surface area (Å²) < 4.78 is 24.3. The molecule has 1 aliphatic rings. The summed E-state index contributed by atoms with van der Waals surface area (Å²) in [5.74, 6) is 0.567. The first kappa shape index (κ1) is 12.9. The van der Waals surface area contributed by atoms with Crippen LogP contribution in [0.3, 0.4) is 0 Å². The largest absolute Gasteiger partial charge is 0.489 e. The Bertz CT molecular complexity index is 685. The molecule has 0 N–H and O–H groups in total. The van der Waals surface area contributed by atoms with Gasteiger partial charge in [-0.2, -0.15) is 0 Å². The van der Waals surface area contributed by atoms with Crippen molar-refractivity contribution < 1.29 is 18.7 Å². The van der Waals surface area contributed by atoms with Crippen LogP contribution >= 0.6 is 11.6 Å². The summed E-state index contributed by atoms with van der Waals surface area (Å²) in [7, 11) is 0. The fourth-order valence-electron chi connectivity index (χ4n) is 1.96. The second-order valence-electron chi connectivity index (χ2n) is 4.39. The van der Waals surface area contributed by atoms with Gasteiger partial charge in [-0.3, -0.25) is 4.79 Å². The van der Waals surface area contributed by atoms with Gasteiger partial charge < -0.3 is 9.47 Å². The number of carbonyl (C=O) groups is 1. The molecule has 0 unspecified atom stereocenters. The molecule has 0 spiro atoms. The van der Waals surface area contributed by atoms with Gasteiger partial charge in [0.05, 0.1) is 5.56 Å². The van der Waals surface area contributed by atoms with E-state index in [0.717, 1.165) is 0 Å². The monoisotopic (exact) mass is 292 g/mol. The van der Waals surface area contributed by atoms with E-state index in [1.165, 1.54) is 6.07 Å². The normalized spacial score (nSPS) is 13.0. The summed E-state index contributed by atoms with van der Waals surface area (Å²) in [5.41, 5.74) is 0.960. The van der Waals surface area contributed by atoms with Gasteiger partial charge in [0.1, 0.15) is 23.9 Å². The highest BCUT2D eigenvalue weighted by Gasteiger charge is 2.21. The second kappa shape index (κ2) is 5.13. The number of hydrogen-bond acceptors (Lipinski definition) is 3. The van der Waals surface area contributed by atoms with E-state index in [1.54, 1.807) is 30.3 Å². The van der Waals surface area contributed by atoms with Crippen molar-refractivity contribution in [1.29, 1.82) is 0 Å². The smallest absolute Gasteiger partial charge is 0.203 e. The number of halogens is 2. The highest BCUT2D eigenvalue weighted by molar-refractivity contribution is 6.30. The minimum absolute atomic E-state index is 0.0460. The Morgan fingerprint density at radius 1 is 1.25 bits per heavy atom. The molecule has 0 saturated carbocycles. The van der Waals surface area contributed by atoms with E-state index >= 15 is 0 Å². The maximum absolute atomic E-state index is 13.6. The number of rotatable bonds is 3. The number of ketones is 1. The van der Waals surface area contributed by atoms with E-state index in [1.807, 2.05) is 0 Å². The first-order valence-electron chi connectivity index (χ1n) is 6.00. The van der Waals surface area contributed by atoms with Crippen LogP contribution in [0.15, 0.2) is 36.4 Å². The Morgan fingerprint density at radius 2 is 2.10 bits per heavy atom. The first-order valence-corrected chi connectivity index (χ1v) is 6.38. The predicted octanol–water partition coefficient (Wildman–Crippen LogP) is 3.63. The summed E-state index contributed by atoms with van der Waals surface area (Å²) in [4.78, 5) is 11.4. The number of fused-ring (bicyclic) bond motifs is 1. The summed E-state index contributed by atoms with van der Waals surface area (Å²) in [5, 5.41) is 0.343. The fourth-order valence-corrected chi connectivity index (χ4v) is 2.12. The van der Waals surface area contributed by atoms with Crippen LogP contribution in [0.5, 0.6) is 11.5 Å². The Hall–Kier alpha value is -2.07. The Morgan fingerprint density at radius 3 is 2.90 bits per heavy atom. The molecule has 102 valence electrons. The Labute approximate surface area is 119 Å². The Kier molecular flexibility index (Phi) is 3.32. The zero-order valence-electron chi connectivity index (χ0n) is 10.4. The minimum Gasteiger partial charge on any atom is -0.489 e. The topological polar surface area (TPSA) is 35.5 Å². The average Bonchev–Trinajstić information content (AvgIpc) is 2.79. The van der Waals surface area contributed by atoms with Crippen molar-refractivity contribution in [3.05, 3.63) is 58.4 Å². The molecule has 0 fully saturated rings. The van der Waals surface area contributed by atoms with Gasteiger partial charge in [0, 0.05) is 16.7 Å². The summed E-state index contributed by atoms with van der Waals surface area (Å²) >= 11 is 5.68. The van der Waals surface area contributed by atoms with E-state index in [0.29, 0.717) is 27.6 Å². The third-order valence-corrected chi connectivity index (χ3v) is 3.26. The highest BCUT2D eigenvalue weighted by atomic mass is 35.5. The van der Waals surface area contributed by atoms with E-state index in [4.69, 9.17) is 21.1 Å². The zero-order chi connectivity index (χ0) is 14.1. The van der Waals surface area contributed by atoms with Gasteiger partial charge in [0.15, 0.2) is 6.61 Å². The molecule has 0 aromatic heterocycles. The Balaban J connectivity index is 1.74. The van der Waals surface area contributed by atoms with Crippen LogP contribution in [0.4, 0.5) is 4.39 Å². The lowest BCUT2D eigenvalue weighted by molar-refractivity contribution is 0.0961. The number of ether oxygens (including phenoxy) is 2. The second-order valence-corrected chi connectivity index (χ2v) is 4.83. The van der Waals surface area contributed by atoms with Crippen LogP contribution in [0, 0.1) is 5.82 Å². The third kappa shape index (κ3) is 2.47. The molecule has 20 heavy (non-hydrogen) atoms. The van der Waals surface area contributed by atoms with Gasteiger partial charge in [-0.15, -0.1) is 0 Å². The van der Waals surface area contributed by atoms with Crippen LogP contribution in [0.1, 0.15) is 15.9 Å². The zero-order valence-corrected chi connectivity index (χ0v) is 11.1. The van der Waals surface area contributed by atoms with Crippen molar-refractivity contribution in [1.82, 2.24) is 0 Å². The first-order chi connectivity index (χ1) is 9.63. The molecule has 1 aliphatic heterocycles. The molecule has 0 atom stereocenters. The van der Waals surface area contributed by atoms with Gasteiger partial charge in [-0.25, -0.2) is 4.39 Å². The molecule has 3 rings (SSSR count). The summed E-state index contributed by atoms with van der Waals surface area (Å²) in [6, 6.07) is 9.37. The van der Waals surface area contributed by atoms with Crippen molar-refractivity contribution in [2.45, 2.75) is 6.61 Å². The molecule has 5 heteroatoms. The van der Waals surface area contributed by atoms with E-state index < -0.39 is 5.82 Å². The summed E-state index contributed by atoms with van der Waals surface area (Å²) in [6.45, 7) is 0.139. The van der Waals surface area contributed by atoms with E-state index in [2.05, 4.69) is 0 Å². The molecular formula is C15H10ClFO3. The molecule has 0 aliphatic carbocycles.